The van der Waals surface area contributed by atoms with Crippen molar-refractivity contribution in [2.24, 2.45) is 0 Å². The summed E-state index contributed by atoms with van der Waals surface area (Å²) in [6.07, 6.45) is -4.48. The molecule has 2 aromatic rings. The van der Waals surface area contributed by atoms with E-state index in [1.54, 1.807) is 0 Å². The van der Waals surface area contributed by atoms with E-state index in [0.717, 1.165) is 28.3 Å². The van der Waals surface area contributed by atoms with Gasteiger partial charge in [-0.3, -0.25) is 0 Å². The molecule has 0 unspecified atom stereocenters. The highest BCUT2D eigenvalue weighted by molar-refractivity contribution is 5.69. The Hall–Kier alpha value is -1.78. The summed E-state index contributed by atoms with van der Waals surface area (Å²) < 4.78 is 42.5. The quantitative estimate of drug-likeness (QED) is 0.756. The van der Waals surface area contributed by atoms with Crippen molar-refractivity contribution < 1.29 is 17.7 Å². The zero-order chi connectivity index (χ0) is 14.4. The van der Waals surface area contributed by atoms with Crippen LogP contribution in [0.5, 0.6) is 0 Å². The molecule has 0 atom stereocenters. The molecule has 2 rings (SSSR count). The van der Waals surface area contributed by atoms with Crippen LogP contribution >= 0.6 is 0 Å². The van der Waals surface area contributed by atoms with Crippen LogP contribution in [0.2, 0.25) is 0 Å². The molecule has 19 heavy (non-hydrogen) atoms. The van der Waals surface area contributed by atoms with E-state index < -0.39 is 11.9 Å². The summed E-state index contributed by atoms with van der Waals surface area (Å²) in [6.45, 7) is 7.58. The number of aryl methyl sites for hydroxylation is 2. The highest BCUT2D eigenvalue weighted by Crippen LogP contribution is 2.35. The second kappa shape index (κ2) is 4.40. The Kier molecular flexibility index (Phi) is 3.16. The lowest BCUT2D eigenvalue weighted by atomic mass is 9.93. The minimum absolute atomic E-state index is 0.161. The summed E-state index contributed by atoms with van der Waals surface area (Å²) in [6, 6.07) is 2.96. The third-order valence-electron chi connectivity index (χ3n) is 3.41. The van der Waals surface area contributed by atoms with E-state index in [9.17, 15) is 13.2 Å². The van der Waals surface area contributed by atoms with Gasteiger partial charge in [-0.25, -0.2) is 0 Å². The predicted molar refractivity (Wildman–Crippen MR) is 65.9 cm³/mol. The van der Waals surface area contributed by atoms with Crippen molar-refractivity contribution in [3.05, 3.63) is 40.1 Å². The second-order valence-electron chi connectivity index (χ2n) is 4.71. The third kappa shape index (κ3) is 2.37. The van der Waals surface area contributed by atoms with Crippen molar-refractivity contribution >= 4 is 0 Å². The molecule has 1 heterocycles. The summed E-state index contributed by atoms with van der Waals surface area (Å²) in [4.78, 5) is 0. The molecule has 1 aromatic heterocycles. The first-order valence-electron chi connectivity index (χ1n) is 5.83. The first-order valence-corrected chi connectivity index (χ1v) is 5.83. The minimum Gasteiger partial charge on any atom is -0.356 e. The molecule has 0 spiro atoms. The maximum Gasteiger partial charge on any atom is 0.436 e. The molecule has 5 heteroatoms. The van der Waals surface area contributed by atoms with Crippen LogP contribution in [0.4, 0.5) is 13.2 Å². The SMILES string of the molecule is Cc1cc(C)c(C)c(-c2cc(C(F)(F)F)no2)c1C. The van der Waals surface area contributed by atoms with Crippen molar-refractivity contribution in [3.8, 4) is 11.3 Å². The Labute approximate surface area is 109 Å². The van der Waals surface area contributed by atoms with Gasteiger partial charge in [-0.1, -0.05) is 11.2 Å². The molecule has 0 N–H and O–H groups in total. The largest absolute Gasteiger partial charge is 0.436 e. The Morgan fingerprint density at radius 2 is 1.47 bits per heavy atom. The van der Waals surface area contributed by atoms with Gasteiger partial charge in [-0.2, -0.15) is 13.2 Å². The van der Waals surface area contributed by atoms with Crippen molar-refractivity contribution in [3.63, 3.8) is 0 Å². The molecule has 0 radical (unpaired) electrons. The van der Waals surface area contributed by atoms with Crippen LogP contribution in [0.3, 0.4) is 0 Å². The van der Waals surface area contributed by atoms with E-state index in [1.807, 2.05) is 33.8 Å². The number of benzene rings is 1. The second-order valence-corrected chi connectivity index (χ2v) is 4.71. The van der Waals surface area contributed by atoms with Crippen LogP contribution in [0.1, 0.15) is 27.9 Å². The van der Waals surface area contributed by atoms with E-state index in [4.69, 9.17) is 4.52 Å². The van der Waals surface area contributed by atoms with Gasteiger partial charge in [0.2, 0.25) is 0 Å². The number of halogens is 3. The van der Waals surface area contributed by atoms with Crippen LogP contribution < -0.4 is 0 Å². The first-order chi connectivity index (χ1) is 8.71. The van der Waals surface area contributed by atoms with Crippen molar-refractivity contribution in [1.82, 2.24) is 5.16 Å². The average molecular weight is 269 g/mol. The lowest BCUT2D eigenvalue weighted by Crippen LogP contribution is -2.04. The number of alkyl halides is 3. The normalized spacial score (nSPS) is 11.9. The highest BCUT2D eigenvalue weighted by atomic mass is 19.4. The van der Waals surface area contributed by atoms with Gasteiger partial charge in [0.1, 0.15) is 0 Å². The summed E-state index contributed by atoms with van der Waals surface area (Å²) in [7, 11) is 0. The molecule has 0 bridgehead atoms. The molecule has 0 fully saturated rings. The number of aromatic nitrogens is 1. The summed E-state index contributed by atoms with van der Waals surface area (Å²) in [5, 5.41) is 3.11. The van der Waals surface area contributed by atoms with Crippen LogP contribution in [-0.4, -0.2) is 5.16 Å². The number of rotatable bonds is 1. The van der Waals surface area contributed by atoms with Crippen molar-refractivity contribution in [2.75, 3.05) is 0 Å². The molecule has 102 valence electrons. The van der Waals surface area contributed by atoms with Crippen LogP contribution in [0, 0.1) is 27.7 Å². The van der Waals surface area contributed by atoms with E-state index in [0.29, 0.717) is 5.56 Å². The fourth-order valence-electron chi connectivity index (χ4n) is 2.11. The molecular formula is C14H14F3NO. The zero-order valence-electron chi connectivity index (χ0n) is 11.1. The Bertz CT molecular complexity index is 600. The maximum absolute atomic E-state index is 12.6. The molecule has 0 aliphatic carbocycles. The number of hydrogen-bond donors (Lipinski definition) is 0. The molecule has 0 saturated heterocycles. The Morgan fingerprint density at radius 1 is 0.947 bits per heavy atom. The zero-order valence-corrected chi connectivity index (χ0v) is 11.1. The van der Waals surface area contributed by atoms with Gasteiger partial charge >= 0.3 is 6.18 Å². The van der Waals surface area contributed by atoms with E-state index in [1.165, 1.54) is 0 Å². The molecule has 2 nitrogen and oxygen atoms in total. The standard InChI is InChI=1S/C14H14F3NO/c1-7-5-8(2)10(4)13(9(7)3)11-6-12(18-19-11)14(15,16)17/h5-6H,1-4H3. The van der Waals surface area contributed by atoms with Crippen molar-refractivity contribution in [1.29, 1.82) is 0 Å². The van der Waals surface area contributed by atoms with Crippen LogP contribution in [0.25, 0.3) is 11.3 Å². The monoisotopic (exact) mass is 269 g/mol. The molecule has 0 aliphatic rings. The average Bonchev–Trinajstić information content (AvgIpc) is 2.76. The topological polar surface area (TPSA) is 26.0 Å². The number of nitrogens with zero attached hydrogens (tertiary/aromatic N) is 1. The predicted octanol–water partition coefficient (Wildman–Crippen LogP) is 4.59. The lowest BCUT2D eigenvalue weighted by molar-refractivity contribution is -0.142. The molecule has 0 aliphatic heterocycles. The summed E-state index contributed by atoms with van der Waals surface area (Å²) >= 11 is 0. The molecular weight excluding hydrogens is 255 g/mol. The fraction of sp³-hybridized carbons (Fsp3) is 0.357. The Balaban J connectivity index is 2.63. The Morgan fingerprint density at radius 3 is 1.89 bits per heavy atom. The van der Waals surface area contributed by atoms with Crippen molar-refractivity contribution in [2.45, 2.75) is 33.9 Å². The van der Waals surface area contributed by atoms with Gasteiger partial charge in [0.15, 0.2) is 11.5 Å². The van der Waals surface area contributed by atoms with Crippen LogP contribution in [0.15, 0.2) is 16.7 Å². The maximum atomic E-state index is 12.6. The van der Waals surface area contributed by atoms with Gasteiger partial charge in [-0.15, -0.1) is 0 Å². The van der Waals surface area contributed by atoms with E-state index in [-0.39, 0.29) is 5.76 Å². The lowest BCUT2D eigenvalue weighted by Gasteiger charge is -2.12. The van der Waals surface area contributed by atoms with Crippen LogP contribution in [-0.2, 0) is 6.18 Å². The summed E-state index contributed by atoms with van der Waals surface area (Å²) in [5.74, 6) is 0.161. The van der Waals surface area contributed by atoms with E-state index >= 15 is 0 Å². The van der Waals surface area contributed by atoms with Gasteiger partial charge in [0.25, 0.3) is 0 Å². The van der Waals surface area contributed by atoms with Gasteiger partial charge in [0.05, 0.1) is 0 Å². The number of hydrogen-bond acceptors (Lipinski definition) is 2. The molecule has 0 saturated carbocycles. The molecule has 1 aromatic carbocycles. The van der Waals surface area contributed by atoms with Gasteiger partial charge in [-0.05, 0) is 49.9 Å². The minimum atomic E-state index is -4.48. The summed E-state index contributed by atoms with van der Waals surface area (Å²) in [5.41, 5.74) is 3.55. The highest BCUT2D eigenvalue weighted by Gasteiger charge is 2.35. The molecule has 0 amide bonds. The van der Waals surface area contributed by atoms with Gasteiger partial charge < -0.3 is 4.52 Å². The fourth-order valence-corrected chi connectivity index (χ4v) is 2.11. The smallest absolute Gasteiger partial charge is 0.356 e. The first kappa shape index (κ1) is 13.6. The third-order valence-corrected chi connectivity index (χ3v) is 3.41. The van der Waals surface area contributed by atoms with E-state index in [2.05, 4.69) is 5.16 Å². The van der Waals surface area contributed by atoms with Gasteiger partial charge in [0, 0.05) is 11.6 Å².